The monoisotopic (exact) mass is 416 g/mol. The summed E-state index contributed by atoms with van der Waals surface area (Å²) >= 11 is 1.45. The normalized spacial score (nSPS) is 12.1. The van der Waals surface area contributed by atoms with Crippen molar-refractivity contribution in [3.8, 4) is 0 Å². The van der Waals surface area contributed by atoms with Gasteiger partial charge in [-0.25, -0.2) is 4.39 Å². The molecule has 0 aliphatic carbocycles. The van der Waals surface area contributed by atoms with E-state index in [1.165, 1.54) is 23.4 Å². The van der Waals surface area contributed by atoms with Crippen LogP contribution in [-0.4, -0.2) is 15.9 Å². The number of hydrogen-bond donors (Lipinski definition) is 1. The highest BCUT2D eigenvalue weighted by atomic mass is 32.2. The lowest BCUT2D eigenvalue weighted by Crippen LogP contribution is -2.06. The van der Waals surface area contributed by atoms with Gasteiger partial charge in [-0.1, -0.05) is 72.4 Å². The standard InChI is InChI=1S/C24H21FN4S/c25-22-9-5-4-8-21(22)16-29-13-12-20-11-10-19(14-23(20)29)15-27-28-24(26)30-17-18-6-2-1-3-7-18/h1-15H,16-17H2,(H2,26,28). The van der Waals surface area contributed by atoms with Gasteiger partial charge in [0, 0.05) is 23.0 Å². The predicted octanol–water partition coefficient (Wildman–Crippen LogP) is 5.41. The van der Waals surface area contributed by atoms with E-state index in [0.29, 0.717) is 17.3 Å². The van der Waals surface area contributed by atoms with E-state index in [4.69, 9.17) is 5.73 Å². The van der Waals surface area contributed by atoms with Crippen LogP contribution in [0, 0.1) is 5.82 Å². The van der Waals surface area contributed by atoms with E-state index in [1.807, 2.05) is 59.3 Å². The maximum atomic E-state index is 14.0. The van der Waals surface area contributed by atoms with Gasteiger partial charge in [-0.2, -0.15) is 5.10 Å². The number of halogens is 1. The number of benzene rings is 3. The van der Waals surface area contributed by atoms with Gasteiger partial charge in [0.05, 0.1) is 12.8 Å². The summed E-state index contributed by atoms with van der Waals surface area (Å²) in [5, 5.41) is 9.70. The smallest absolute Gasteiger partial charge is 0.180 e. The average molecular weight is 417 g/mol. The van der Waals surface area contributed by atoms with Crippen LogP contribution in [0.25, 0.3) is 10.9 Å². The fraction of sp³-hybridized carbons (Fsp3) is 0.0833. The number of rotatable bonds is 6. The summed E-state index contributed by atoms with van der Waals surface area (Å²) < 4.78 is 16.0. The SMILES string of the molecule is NC(=NN=Cc1ccc2ccn(Cc3ccccc3F)c2c1)SCc1ccccc1. The number of hydrogen-bond acceptors (Lipinski definition) is 3. The second kappa shape index (κ2) is 9.41. The van der Waals surface area contributed by atoms with Crippen LogP contribution in [-0.2, 0) is 12.3 Å². The van der Waals surface area contributed by atoms with E-state index in [1.54, 1.807) is 18.3 Å². The fourth-order valence-electron chi connectivity index (χ4n) is 3.14. The number of amidine groups is 1. The van der Waals surface area contributed by atoms with Crippen LogP contribution in [0.5, 0.6) is 0 Å². The molecule has 30 heavy (non-hydrogen) atoms. The van der Waals surface area contributed by atoms with E-state index in [2.05, 4.69) is 22.3 Å². The van der Waals surface area contributed by atoms with Gasteiger partial charge < -0.3 is 10.3 Å². The van der Waals surface area contributed by atoms with Crippen LogP contribution >= 0.6 is 11.8 Å². The van der Waals surface area contributed by atoms with Crippen molar-refractivity contribution in [1.29, 1.82) is 0 Å². The summed E-state index contributed by atoms with van der Waals surface area (Å²) in [7, 11) is 0. The van der Waals surface area contributed by atoms with E-state index in [-0.39, 0.29) is 5.82 Å². The maximum Gasteiger partial charge on any atom is 0.180 e. The molecule has 4 aromatic rings. The molecule has 0 radical (unpaired) electrons. The molecule has 0 atom stereocenters. The van der Waals surface area contributed by atoms with Crippen LogP contribution in [0.2, 0.25) is 0 Å². The van der Waals surface area contributed by atoms with Crippen LogP contribution in [0.3, 0.4) is 0 Å². The van der Waals surface area contributed by atoms with E-state index in [0.717, 1.165) is 22.2 Å². The van der Waals surface area contributed by atoms with Crippen molar-refractivity contribution in [2.45, 2.75) is 12.3 Å². The Kier molecular flexibility index (Phi) is 6.25. The average Bonchev–Trinajstić information content (AvgIpc) is 3.17. The third-order valence-electron chi connectivity index (χ3n) is 4.69. The Morgan fingerprint density at radius 2 is 1.80 bits per heavy atom. The first-order valence-corrected chi connectivity index (χ1v) is 10.5. The van der Waals surface area contributed by atoms with Crippen molar-refractivity contribution in [2.24, 2.45) is 15.9 Å². The van der Waals surface area contributed by atoms with Gasteiger partial charge in [-0.05, 0) is 34.7 Å². The lowest BCUT2D eigenvalue weighted by atomic mass is 10.1. The fourth-order valence-corrected chi connectivity index (χ4v) is 3.75. The molecule has 2 N–H and O–H groups in total. The number of fused-ring (bicyclic) bond motifs is 1. The third kappa shape index (κ3) is 4.96. The molecule has 1 aromatic heterocycles. The lowest BCUT2D eigenvalue weighted by Gasteiger charge is -2.07. The minimum Gasteiger partial charge on any atom is -0.377 e. The van der Waals surface area contributed by atoms with Gasteiger partial charge in [0.2, 0.25) is 0 Å². The van der Waals surface area contributed by atoms with Crippen molar-refractivity contribution < 1.29 is 4.39 Å². The zero-order valence-electron chi connectivity index (χ0n) is 16.3. The van der Waals surface area contributed by atoms with Gasteiger partial charge in [-0.15, -0.1) is 5.10 Å². The van der Waals surface area contributed by atoms with E-state index < -0.39 is 0 Å². The molecule has 4 nitrogen and oxygen atoms in total. The summed E-state index contributed by atoms with van der Waals surface area (Å²) in [6, 6.07) is 25.0. The van der Waals surface area contributed by atoms with Crippen molar-refractivity contribution >= 4 is 34.0 Å². The lowest BCUT2D eigenvalue weighted by molar-refractivity contribution is 0.602. The molecule has 0 spiro atoms. The van der Waals surface area contributed by atoms with Crippen LogP contribution < -0.4 is 5.73 Å². The van der Waals surface area contributed by atoms with Gasteiger partial charge in [0.25, 0.3) is 0 Å². The molecule has 150 valence electrons. The molecule has 0 saturated carbocycles. The zero-order chi connectivity index (χ0) is 20.8. The largest absolute Gasteiger partial charge is 0.377 e. The molecule has 1 heterocycles. The summed E-state index contributed by atoms with van der Waals surface area (Å²) in [6.45, 7) is 0.470. The third-order valence-corrected chi connectivity index (χ3v) is 5.54. The molecule has 0 unspecified atom stereocenters. The number of nitrogens with two attached hydrogens (primary N) is 1. The van der Waals surface area contributed by atoms with Crippen LogP contribution in [0.15, 0.2) is 95.3 Å². The summed E-state index contributed by atoms with van der Waals surface area (Å²) in [5.41, 5.74) is 9.70. The van der Waals surface area contributed by atoms with Crippen molar-refractivity contribution in [1.82, 2.24) is 4.57 Å². The van der Waals surface area contributed by atoms with E-state index in [9.17, 15) is 4.39 Å². The first-order chi connectivity index (χ1) is 14.7. The molecule has 0 aliphatic rings. The van der Waals surface area contributed by atoms with Gasteiger partial charge in [-0.3, -0.25) is 0 Å². The molecule has 0 saturated heterocycles. The van der Waals surface area contributed by atoms with E-state index >= 15 is 0 Å². The second-order valence-electron chi connectivity index (χ2n) is 6.81. The molecular weight excluding hydrogens is 395 g/mol. The summed E-state index contributed by atoms with van der Waals surface area (Å²) in [4.78, 5) is 0. The first kappa shape index (κ1) is 19.9. The molecular formula is C24H21FN4S. The minimum atomic E-state index is -0.199. The predicted molar refractivity (Wildman–Crippen MR) is 124 cm³/mol. The second-order valence-corrected chi connectivity index (χ2v) is 7.81. The molecule has 0 bridgehead atoms. The summed E-state index contributed by atoms with van der Waals surface area (Å²) in [5.74, 6) is 0.552. The van der Waals surface area contributed by atoms with Gasteiger partial charge in [0.1, 0.15) is 5.82 Å². The highest BCUT2D eigenvalue weighted by molar-refractivity contribution is 8.13. The van der Waals surface area contributed by atoms with Gasteiger partial charge >= 0.3 is 0 Å². The van der Waals surface area contributed by atoms with Crippen molar-refractivity contribution in [2.75, 3.05) is 0 Å². The Balaban J connectivity index is 1.46. The molecule has 4 rings (SSSR count). The topological polar surface area (TPSA) is 55.7 Å². The Hall–Kier alpha value is -3.38. The van der Waals surface area contributed by atoms with Crippen LogP contribution in [0.1, 0.15) is 16.7 Å². The maximum absolute atomic E-state index is 14.0. The highest BCUT2D eigenvalue weighted by Crippen LogP contribution is 2.19. The molecule has 6 heteroatoms. The molecule has 0 amide bonds. The van der Waals surface area contributed by atoms with Gasteiger partial charge in [0.15, 0.2) is 5.17 Å². The minimum absolute atomic E-state index is 0.199. The number of nitrogens with zero attached hydrogens (tertiary/aromatic N) is 3. The van der Waals surface area contributed by atoms with Crippen LogP contribution in [0.4, 0.5) is 4.39 Å². The Bertz CT molecular complexity index is 1200. The molecule has 3 aromatic carbocycles. The Labute approximate surface area is 178 Å². The zero-order valence-corrected chi connectivity index (χ0v) is 17.1. The first-order valence-electron chi connectivity index (χ1n) is 9.54. The number of thioether (sulfide) groups is 1. The quantitative estimate of drug-likeness (QED) is 0.260. The molecule has 0 fully saturated rings. The highest BCUT2D eigenvalue weighted by Gasteiger charge is 2.06. The van der Waals surface area contributed by atoms with Crippen molar-refractivity contribution in [3.05, 3.63) is 108 Å². The summed E-state index contributed by atoms with van der Waals surface area (Å²) in [6.07, 6.45) is 3.64. The van der Waals surface area contributed by atoms with Crippen molar-refractivity contribution in [3.63, 3.8) is 0 Å². The Morgan fingerprint density at radius 3 is 2.63 bits per heavy atom. The molecule has 0 aliphatic heterocycles. The number of aromatic nitrogens is 1. The Morgan fingerprint density at radius 1 is 1.00 bits per heavy atom.